The van der Waals surface area contributed by atoms with Gasteiger partial charge in [0.05, 0.1) is 22.9 Å². The van der Waals surface area contributed by atoms with Crippen LogP contribution in [-0.4, -0.2) is 17.9 Å². The zero-order valence-electron chi connectivity index (χ0n) is 12.2. The van der Waals surface area contributed by atoms with Crippen LogP contribution in [0.4, 0.5) is 10.1 Å². The van der Waals surface area contributed by atoms with Crippen molar-refractivity contribution in [2.24, 2.45) is 0 Å². The van der Waals surface area contributed by atoms with Crippen molar-refractivity contribution in [3.05, 3.63) is 59.4 Å². The summed E-state index contributed by atoms with van der Waals surface area (Å²) in [4.78, 5) is 25.9. The molecule has 2 aromatic carbocycles. The number of para-hydroxylation sites is 1. The van der Waals surface area contributed by atoms with Crippen molar-refractivity contribution in [3.8, 4) is 5.75 Å². The van der Waals surface area contributed by atoms with E-state index < -0.39 is 17.6 Å². The normalized spacial score (nSPS) is 13.7. The van der Waals surface area contributed by atoms with Crippen LogP contribution in [0, 0.1) is 5.82 Å². The maximum atomic E-state index is 14.1. The van der Waals surface area contributed by atoms with Crippen LogP contribution < -0.4 is 9.64 Å². The van der Waals surface area contributed by atoms with Crippen LogP contribution in [0.2, 0.25) is 0 Å². The van der Waals surface area contributed by atoms with Gasteiger partial charge in [-0.25, -0.2) is 9.29 Å². The number of fused-ring (bicyclic) bond motifs is 1. The first-order chi connectivity index (χ1) is 10.5. The van der Waals surface area contributed by atoms with Crippen molar-refractivity contribution in [1.82, 2.24) is 0 Å². The Morgan fingerprint density at radius 3 is 2.09 bits per heavy atom. The third kappa shape index (κ3) is 2.15. The fourth-order valence-electron chi connectivity index (χ4n) is 2.43. The fraction of sp³-hybridized carbons (Fsp3) is 0.176. The fourth-order valence-corrected chi connectivity index (χ4v) is 2.43. The van der Waals surface area contributed by atoms with Gasteiger partial charge in [0.2, 0.25) is 0 Å². The Kier molecular flexibility index (Phi) is 3.41. The molecule has 5 heteroatoms. The molecule has 22 heavy (non-hydrogen) atoms. The van der Waals surface area contributed by atoms with Crippen molar-refractivity contribution in [2.45, 2.75) is 20.0 Å². The third-order valence-corrected chi connectivity index (χ3v) is 3.33. The summed E-state index contributed by atoms with van der Waals surface area (Å²) < 4.78 is 19.5. The number of anilines is 1. The number of carbonyl (C=O) groups excluding carboxylic acids is 2. The molecule has 0 spiro atoms. The van der Waals surface area contributed by atoms with Crippen molar-refractivity contribution in [3.63, 3.8) is 0 Å². The molecule has 1 heterocycles. The van der Waals surface area contributed by atoms with E-state index in [-0.39, 0.29) is 17.5 Å². The highest BCUT2D eigenvalue weighted by molar-refractivity contribution is 6.34. The summed E-state index contributed by atoms with van der Waals surface area (Å²) in [6.07, 6.45) is -0.286. The molecule has 0 fully saturated rings. The van der Waals surface area contributed by atoms with Gasteiger partial charge in [-0.05, 0) is 38.1 Å². The Bertz CT molecular complexity index is 735. The maximum absolute atomic E-state index is 14.1. The standard InChI is InChI=1S/C17H14FNO3/c1-10(2)22-15-13(18)8-5-9-14(15)19-16(20)11-6-3-4-7-12(11)17(19)21/h3-10H,1-2H3. The van der Waals surface area contributed by atoms with Crippen LogP contribution >= 0.6 is 0 Å². The molecule has 2 amide bonds. The second-order valence-corrected chi connectivity index (χ2v) is 5.25. The number of ether oxygens (including phenoxy) is 1. The zero-order chi connectivity index (χ0) is 15.9. The Labute approximate surface area is 127 Å². The number of nitrogens with zero attached hydrogens (tertiary/aromatic N) is 1. The van der Waals surface area contributed by atoms with E-state index in [9.17, 15) is 14.0 Å². The number of halogens is 1. The summed E-state index contributed by atoms with van der Waals surface area (Å²) >= 11 is 0. The molecule has 0 atom stereocenters. The van der Waals surface area contributed by atoms with E-state index in [1.165, 1.54) is 18.2 Å². The van der Waals surface area contributed by atoms with Crippen molar-refractivity contribution < 1.29 is 18.7 Å². The Morgan fingerprint density at radius 1 is 0.955 bits per heavy atom. The highest BCUT2D eigenvalue weighted by Gasteiger charge is 2.38. The van der Waals surface area contributed by atoms with Crippen molar-refractivity contribution in [2.75, 3.05) is 4.90 Å². The summed E-state index contributed by atoms with van der Waals surface area (Å²) in [6.45, 7) is 3.50. The molecule has 112 valence electrons. The number of benzene rings is 2. The number of hydrogen-bond donors (Lipinski definition) is 0. The van der Waals surface area contributed by atoms with Crippen LogP contribution in [-0.2, 0) is 0 Å². The second-order valence-electron chi connectivity index (χ2n) is 5.25. The molecule has 0 radical (unpaired) electrons. The zero-order valence-corrected chi connectivity index (χ0v) is 12.2. The lowest BCUT2D eigenvalue weighted by Crippen LogP contribution is -2.30. The van der Waals surface area contributed by atoms with Gasteiger partial charge in [0.15, 0.2) is 11.6 Å². The molecule has 0 saturated carbocycles. The van der Waals surface area contributed by atoms with Gasteiger partial charge < -0.3 is 4.74 Å². The Hall–Kier alpha value is -2.69. The molecule has 0 N–H and O–H groups in total. The number of rotatable bonds is 3. The van der Waals surface area contributed by atoms with E-state index in [1.54, 1.807) is 38.1 Å². The molecular formula is C17H14FNO3. The van der Waals surface area contributed by atoms with E-state index >= 15 is 0 Å². The highest BCUT2D eigenvalue weighted by Crippen LogP contribution is 2.36. The average Bonchev–Trinajstić information content (AvgIpc) is 2.74. The lowest BCUT2D eigenvalue weighted by Gasteiger charge is -2.20. The molecule has 0 aliphatic carbocycles. The Morgan fingerprint density at radius 2 is 1.55 bits per heavy atom. The molecule has 3 rings (SSSR count). The number of imide groups is 1. The minimum Gasteiger partial charge on any atom is -0.486 e. The molecular weight excluding hydrogens is 285 g/mol. The maximum Gasteiger partial charge on any atom is 0.266 e. The summed E-state index contributed by atoms with van der Waals surface area (Å²) in [5.74, 6) is -1.64. The highest BCUT2D eigenvalue weighted by atomic mass is 19.1. The first kappa shape index (κ1) is 14.3. The minimum atomic E-state index is -0.609. The van der Waals surface area contributed by atoms with Crippen LogP contribution in [0.5, 0.6) is 5.75 Å². The third-order valence-electron chi connectivity index (χ3n) is 3.33. The van der Waals surface area contributed by atoms with Gasteiger partial charge in [0.25, 0.3) is 11.8 Å². The monoisotopic (exact) mass is 299 g/mol. The predicted molar refractivity (Wildman–Crippen MR) is 79.7 cm³/mol. The number of hydrogen-bond acceptors (Lipinski definition) is 3. The lowest BCUT2D eigenvalue weighted by atomic mass is 10.1. The van der Waals surface area contributed by atoms with E-state index in [0.29, 0.717) is 11.1 Å². The minimum absolute atomic E-state index is 0.0907. The van der Waals surface area contributed by atoms with Gasteiger partial charge in [0, 0.05) is 0 Å². The van der Waals surface area contributed by atoms with Crippen LogP contribution in [0.25, 0.3) is 0 Å². The van der Waals surface area contributed by atoms with Crippen LogP contribution in [0.15, 0.2) is 42.5 Å². The first-order valence-corrected chi connectivity index (χ1v) is 6.93. The summed E-state index contributed by atoms with van der Waals surface area (Å²) in [5.41, 5.74) is 0.749. The summed E-state index contributed by atoms with van der Waals surface area (Å²) in [6, 6.07) is 10.7. The molecule has 2 aromatic rings. The van der Waals surface area contributed by atoms with Crippen LogP contribution in [0.1, 0.15) is 34.6 Å². The van der Waals surface area contributed by atoms with Gasteiger partial charge in [-0.15, -0.1) is 0 Å². The average molecular weight is 299 g/mol. The van der Waals surface area contributed by atoms with Gasteiger partial charge in [-0.2, -0.15) is 0 Å². The first-order valence-electron chi connectivity index (χ1n) is 6.93. The molecule has 0 bridgehead atoms. The molecule has 1 aliphatic heterocycles. The molecule has 1 aliphatic rings. The molecule has 0 saturated heterocycles. The number of amides is 2. The lowest BCUT2D eigenvalue weighted by molar-refractivity contribution is 0.0924. The van der Waals surface area contributed by atoms with Crippen LogP contribution in [0.3, 0.4) is 0 Å². The quantitative estimate of drug-likeness (QED) is 0.816. The smallest absolute Gasteiger partial charge is 0.266 e. The summed E-state index contributed by atoms with van der Waals surface area (Å²) in [7, 11) is 0. The van der Waals surface area contributed by atoms with Crippen molar-refractivity contribution >= 4 is 17.5 Å². The number of carbonyl (C=O) groups is 2. The SMILES string of the molecule is CC(C)Oc1c(F)cccc1N1C(=O)c2ccccc2C1=O. The predicted octanol–water partition coefficient (Wildman–Crippen LogP) is 3.41. The van der Waals surface area contributed by atoms with E-state index in [4.69, 9.17) is 4.74 Å². The second kappa shape index (κ2) is 5.26. The Balaban J connectivity index is 2.12. The summed E-state index contributed by atoms with van der Waals surface area (Å²) in [5, 5.41) is 0. The molecule has 0 unspecified atom stereocenters. The van der Waals surface area contributed by atoms with Gasteiger partial charge in [-0.3, -0.25) is 9.59 Å². The van der Waals surface area contributed by atoms with Crippen molar-refractivity contribution in [1.29, 1.82) is 0 Å². The van der Waals surface area contributed by atoms with Gasteiger partial charge in [-0.1, -0.05) is 18.2 Å². The molecule has 0 aromatic heterocycles. The topological polar surface area (TPSA) is 46.6 Å². The largest absolute Gasteiger partial charge is 0.486 e. The van der Waals surface area contributed by atoms with Gasteiger partial charge in [0.1, 0.15) is 0 Å². The van der Waals surface area contributed by atoms with E-state index in [2.05, 4.69) is 0 Å². The van der Waals surface area contributed by atoms with E-state index in [0.717, 1.165) is 4.90 Å². The van der Waals surface area contributed by atoms with E-state index in [1.807, 2.05) is 0 Å². The van der Waals surface area contributed by atoms with Gasteiger partial charge >= 0.3 is 0 Å². The molecule has 4 nitrogen and oxygen atoms in total.